The third-order valence-corrected chi connectivity index (χ3v) is 3.80. The molecule has 0 fully saturated rings. The predicted molar refractivity (Wildman–Crippen MR) is 79.5 cm³/mol. The molecule has 1 heterocycles. The van der Waals surface area contributed by atoms with E-state index < -0.39 is 11.7 Å². The zero-order chi connectivity index (χ0) is 14.2. The first-order chi connectivity index (χ1) is 8.76. The lowest BCUT2D eigenvalue weighted by Crippen LogP contribution is -2.27. The SMILES string of the molecule is CC(C)(C)OC(=O)Nc1ccc2nc(Cl)sc2c1Cl. The topological polar surface area (TPSA) is 51.2 Å². The molecule has 1 aromatic heterocycles. The predicted octanol–water partition coefficient (Wildman–Crippen LogP) is 4.95. The second kappa shape index (κ2) is 5.15. The molecule has 0 aliphatic carbocycles. The molecule has 1 N–H and O–H groups in total. The van der Waals surface area contributed by atoms with E-state index in [9.17, 15) is 4.79 Å². The molecule has 0 aliphatic rings. The molecule has 7 heteroatoms. The number of benzene rings is 1. The summed E-state index contributed by atoms with van der Waals surface area (Å²) in [5.74, 6) is 0. The van der Waals surface area contributed by atoms with E-state index in [1.54, 1.807) is 32.9 Å². The smallest absolute Gasteiger partial charge is 0.412 e. The molecule has 19 heavy (non-hydrogen) atoms. The van der Waals surface area contributed by atoms with E-state index in [2.05, 4.69) is 10.3 Å². The quantitative estimate of drug-likeness (QED) is 0.809. The third-order valence-electron chi connectivity index (χ3n) is 2.11. The molecule has 0 radical (unpaired) electrons. The minimum atomic E-state index is -0.561. The highest BCUT2D eigenvalue weighted by atomic mass is 35.5. The van der Waals surface area contributed by atoms with Crippen LogP contribution in [-0.4, -0.2) is 16.7 Å². The Morgan fingerprint density at radius 1 is 1.37 bits per heavy atom. The summed E-state index contributed by atoms with van der Waals surface area (Å²) in [6.45, 7) is 5.38. The summed E-state index contributed by atoms with van der Waals surface area (Å²) >= 11 is 13.3. The summed E-state index contributed by atoms with van der Waals surface area (Å²) in [7, 11) is 0. The summed E-state index contributed by atoms with van der Waals surface area (Å²) in [5.41, 5.74) is 0.618. The molecule has 0 bridgehead atoms. The maximum Gasteiger partial charge on any atom is 0.412 e. The standard InChI is InChI=1S/C12H12Cl2N2O2S/c1-12(2,3)18-11(17)16-6-4-5-7-9(8(6)13)19-10(14)15-7/h4-5H,1-3H3,(H,16,17). The van der Waals surface area contributed by atoms with Crippen molar-refractivity contribution in [1.29, 1.82) is 0 Å². The lowest BCUT2D eigenvalue weighted by Gasteiger charge is -2.20. The van der Waals surface area contributed by atoms with Crippen molar-refractivity contribution in [3.05, 3.63) is 21.6 Å². The molecule has 0 saturated carbocycles. The van der Waals surface area contributed by atoms with Crippen molar-refractivity contribution in [2.75, 3.05) is 5.32 Å². The number of thiazole rings is 1. The molecule has 0 unspecified atom stereocenters. The van der Waals surface area contributed by atoms with Gasteiger partial charge in [-0.25, -0.2) is 9.78 Å². The van der Waals surface area contributed by atoms with Crippen molar-refractivity contribution in [3.63, 3.8) is 0 Å². The number of amides is 1. The average molecular weight is 319 g/mol. The van der Waals surface area contributed by atoms with Gasteiger partial charge in [-0.15, -0.1) is 11.3 Å². The number of hydrogen-bond acceptors (Lipinski definition) is 4. The van der Waals surface area contributed by atoms with Crippen LogP contribution in [0.5, 0.6) is 0 Å². The summed E-state index contributed by atoms with van der Waals surface area (Å²) in [5, 5.41) is 3.02. The number of carbonyl (C=O) groups excluding carboxylic acids is 1. The van der Waals surface area contributed by atoms with Gasteiger partial charge < -0.3 is 4.74 Å². The number of fused-ring (bicyclic) bond motifs is 1. The van der Waals surface area contributed by atoms with Crippen LogP contribution >= 0.6 is 34.5 Å². The van der Waals surface area contributed by atoms with E-state index in [1.165, 1.54) is 11.3 Å². The van der Waals surface area contributed by atoms with Gasteiger partial charge in [0.25, 0.3) is 0 Å². The molecule has 2 rings (SSSR count). The van der Waals surface area contributed by atoms with Gasteiger partial charge in [-0.1, -0.05) is 23.2 Å². The van der Waals surface area contributed by atoms with Crippen molar-refractivity contribution in [3.8, 4) is 0 Å². The van der Waals surface area contributed by atoms with Gasteiger partial charge in [-0.2, -0.15) is 0 Å². The molecule has 0 atom stereocenters. The Balaban J connectivity index is 2.26. The van der Waals surface area contributed by atoms with Crippen LogP contribution in [-0.2, 0) is 4.74 Å². The molecule has 2 aromatic rings. The Kier molecular flexibility index (Phi) is 3.90. The van der Waals surface area contributed by atoms with Gasteiger partial charge >= 0.3 is 6.09 Å². The molecule has 0 spiro atoms. The van der Waals surface area contributed by atoms with Gasteiger partial charge in [0.05, 0.1) is 20.9 Å². The molecule has 102 valence electrons. The van der Waals surface area contributed by atoms with Gasteiger partial charge in [-0.05, 0) is 32.9 Å². The van der Waals surface area contributed by atoms with E-state index in [4.69, 9.17) is 27.9 Å². The molecule has 1 aromatic carbocycles. The van der Waals surface area contributed by atoms with E-state index in [-0.39, 0.29) is 0 Å². The van der Waals surface area contributed by atoms with Crippen molar-refractivity contribution >= 4 is 56.5 Å². The van der Waals surface area contributed by atoms with Crippen LogP contribution in [0.1, 0.15) is 20.8 Å². The van der Waals surface area contributed by atoms with Crippen LogP contribution in [0.15, 0.2) is 12.1 Å². The Morgan fingerprint density at radius 3 is 2.68 bits per heavy atom. The van der Waals surface area contributed by atoms with Gasteiger partial charge in [0.15, 0.2) is 4.47 Å². The number of hydrogen-bond donors (Lipinski definition) is 1. The normalized spacial score (nSPS) is 11.6. The highest BCUT2D eigenvalue weighted by molar-refractivity contribution is 7.22. The van der Waals surface area contributed by atoms with Crippen molar-refractivity contribution in [2.45, 2.75) is 26.4 Å². The molecule has 0 saturated heterocycles. The van der Waals surface area contributed by atoms with Crippen LogP contribution < -0.4 is 5.32 Å². The van der Waals surface area contributed by atoms with Crippen molar-refractivity contribution < 1.29 is 9.53 Å². The maximum atomic E-state index is 11.7. The Bertz CT molecular complexity index is 634. The molecular weight excluding hydrogens is 307 g/mol. The molecule has 0 aliphatic heterocycles. The fourth-order valence-electron chi connectivity index (χ4n) is 1.44. The van der Waals surface area contributed by atoms with Gasteiger partial charge in [0, 0.05) is 0 Å². The number of halogens is 2. The minimum absolute atomic E-state index is 0.409. The van der Waals surface area contributed by atoms with Crippen LogP contribution in [0.3, 0.4) is 0 Å². The van der Waals surface area contributed by atoms with Crippen LogP contribution in [0.25, 0.3) is 10.2 Å². The average Bonchev–Trinajstić information content (AvgIpc) is 2.61. The fourth-order valence-corrected chi connectivity index (χ4v) is 2.82. The van der Waals surface area contributed by atoms with E-state index in [0.717, 1.165) is 4.70 Å². The second-order valence-electron chi connectivity index (χ2n) is 4.87. The van der Waals surface area contributed by atoms with Crippen molar-refractivity contribution in [2.24, 2.45) is 0 Å². The molecular formula is C12H12Cl2N2O2S. The van der Waals surface area contributed by atoms with E-state index >= 15 is 0 Å². The number of rotatable bonds is 1. The maximum absolute atomic E-state index is 11.7. The Hall–Kier alpha value is -1.04. The largest absolute Gasteiger partial charge is 0.444 e. The summed E-state index contributed by atoms with van der Waals surface area (Å²) < 4.78 is 6.31. The highest BCUT2D eigenvalue weighted by Crippen LogP contribution is 2.36. The number of nitrogens with zero attached hydrogens (tertiary/aromatic N) is 1. The Morgan fingerprint density at radius 2 is 2.05 bits per heavy atom. The fraction of sp³-hybridized carbons (Fsp3) is 0.333. The zero-order valence-corrected chi connectivity index (χ0v) is 12.9. The monoisotopic (exact) mass is 318 g/mol. The van der Waals surface area contributed by atoms with Gasteiger partial charge in [-0.3, -0.25) is 5.32 Å². The van der Waals surface area contributed by atoms with E-state index in [1.807, 2.05) is 0 Å². The number of nitrogens with one attached hydrogen (secondary N) is 1. The van der Waals surface area contributed by atoms with Crippen LogP contribution in [0, 0.1) is 0 Å². The first-order valence-electron chi connectivity index (χ1n) is 5.51. The summed E-state index contributed by atoms with van der Waals surface area (Å²) in [6, 6.07) is 3.42. The second-order valence-corrected chi connectivity index (χ2v) is 6.83. The van der Waals surface area contributed by atoms with E-state index in [0.29, 0.717) is 20.7 Å². The number of ether oxygens (including phenoxy) is 1. The summed E-state index contributed by atoms with van der Waals surface area (Å²) in [6.07, 6.45) is -0.552. The zero-order valence-electron chi connectivity index (χ0n) is 10.6. The molecule has 4 nitrogen and oxygen atoms in total. The number of aromatic nitrogens is 1. The third kappa shape index (κ3) is 3.49. The first-order valence-corrected chi connectivity index (χ1v) is 7.08. The van der Waals surface area contributed by atoms with Crippen LogP contribution in [0.2, 0.25) is 9.49 Å². The number of anilines is 1. The first kappa shape index (κ1) is 14.4. The van der Waals surface area contributed by atoms with Gasteiger partial charge in [0.2, 0.25) is 0 Å². The lowest BCUT2D eigenvalue weighted by atomic mass is 10.2. The highest BCUT2D eigenvalue weighted by Gasteiger charge is 2.18. The van der Waals surface area contributed by atoms with Crippen LogP contribution in [0.4, 0.5) is 10.5 Å². The molecule has 1 amide bonds. The lowest BCUT2D eigenvalue weighted by molar-refractivity contribution is 0.0636. The summed E-state index contributed by atoms with van der Waals surface area (Å²) in [4.78, 5) is 15.8. The number of carbonyl (C=O) groups is 1. The van der Waals surface area contributed by atoms with Crippen molar-refractivity contribution in [1.82, 2.24) is 4.98 Å². The van der Waals surface area contributed by atoms with Gasteiger partial charge in [0.1, 0.15) is 5.60 Å². The Labute approximate surface area is 124 Å². The minimum Gasteiger partial charge on any atom is -0.444 e.